The largest absolute Gasteiger partial charge is 0.357 e. The van der Waals surface area contributed by atoms with E-state index in [9.17, 15) is 0 Å². The molecule has 0 unspecified atom stereocenters. The predicted octanol–water partition coefficient (Wildman–Crippen LogP) is 4.03. The number of halogens is 1. The highest BCUT2D eigenvalue weighted by Crippen LogP contribution is 2.28. The van der Waals surface area contributed by atoms with Crippen LogP contribution < -0.4 is 10.6 Å². The molecule has 0 radical (unpaired) electrons. The first kappa shape index (κ1) is 20.2. The van der Waals surface area contributed by atoms with E-state index in [1.165, 1.54) is 38.5 Å². The van der Waals surface area contributed by atoms with Crippen molar-refractivity contribution in [3.8, 4) is 0 Å². The number of aryl methyl sites for hydroxylation is 1. The van der Waals surface area contributed by atoms with Crippen molar-refractivity contribution in [1.29, 1.82) is 0 Å². The first-order valence-corrected chi connectivity index (χ1v) is 8.72. The zero-order valence-corrected chi connectivity index (χ0v) is 16.8. The molecule has 1 heterocycles. The molecule has 23 heavy (non-hydrogen) atoms. The average Bonchev–Trinajstić information content (AvgIpc) is 3.02. The third-order valence-electron chi connectivity index (χ3n) is 4.25. The molecule has 0 amide bonds. The van der Waals surface area contributed by atoms with Gasteiger partial charge in [-0.25, -0.2) is 4.99 Å². The maximum atomic E-state index is 4.63. The predicted molar refractivity (Wildman–Crippen MR) is 108 cm³/mol. The minimum Gasteiger partial charge on any atom is -0.357 e. The van der Waals surface area contributed by atoms with E-state index < -0.39 is 0 Å². The van der Waals surface area contributed by atoms with Crippen LogP contribution in [0.4, 0.5) is 0 Å². The summed E-state index contributed by atoms with van der Waals surface area (Å²) in [4.78, 5) is 9.12. The zero-order chi connectivity index (χ0) is 15.6. The van der Waals surface area contributed by atoms with Crippen molar-refractivity contribution in [2.75, 3.05) is 13.1 Å². The number of rotatable bonds is 7. The minimum atomic E-state index is 0. The molecule has 1 aromatic rings. The molecule has 0 saturated heterocycles. The van der Waals surface area contributed by atoms with E-state index in [1.54, 1.807) is 0 Å². The summed E-state index contributed by atoms with van der Waals surface area (Å²) in [5, 5.41) is 6.75. The number of aliphatic imine (C=N–C) groups is 1. The van der Waals surface area contributed by atoms with Gasteiger partial charge in [0.05, 0.1) is 12.2 Å². The molecule has 0 spiro atoms. The summed E-state index contributed by atoms with van der Waals surface area (Å²) in [6.07, 6.45) is 8.33. The fourth-order valence-electron chi connectivity index (χ4n) is 3.09. The van der Waals surface area contributed by atoms with Gasteiger partial charge in [0.2, 0.25) is 0 Å². The Morgan fingerprint density at radius 1 is 1.26 bits per heavy atom. The molecule has 1 aliphatic carbocycles. The van der Waals surface area contributed by atoms with Crippen molar-refractivity contribution in [3.63, 3.8) is 0 Å². The number of hydrogen-bond acceptors (Lipinski definition) is 2. The Hall–Kier alpha value is -0.850. The molecule has 0 atom stereocenters. The molecule has 2 N–H and O–H groups in total. The fraction of sp³-hybridized carbons (Fsp3) is 0.667. The van der Waals surface area contributed by atoms with Crippen LogP contribution in [0, 0.1) is 12.8 Å². The molecule has 5 heteroatoms. The molecule has 1 aromatic heterocycles. The second kappa shape index (κ2) is 11.6. The van der Waals surface area contributed by atoms with Gasteiger partial charge in [-0.05, 0) is 44.7 Å². The van der Waals surface area contributed by atoms with E-state index in [-0.39, 0.29) is 24.0 Å². The van der Waals surface area contributed by atoms with Crippen LogP contribution in [0.1, 0.15) is 56.8 Å². The molecular formula is C18H31IN4. The Labute approximate surface area is 158 Å². The highest BCUT2D eigenvalue weighted by molar-refractivity contribution is 14.0. The van der Waals surface area contributed by atoms with Gasteiger partial charge in [0, 0.05) is 18.8 Å². The van der Waals surface area contributed by atoms with Crippen LogP contribution in [0.2, 0.25) is 0 Å². The number of hydrogen-bond donors (Lipinski definition) is 2. The van der Waals surface area contributed by atoms with Gasteiger partial charge in [0.25, 0.3) is 0 Å². The maximum Gasteiger partial charge on any atom is 0.191 e. The summed E-state index contributed by atoms with van der Waals surface area (Å²) in [6.45, 7) is 6.62. The highest BCUT2D eigenvalue weighted by atomic mass is 127. The van der Waals surface area contributed by atoms with Gasteiger partial charge in [0.1, 0.15) is 0 Å². The summed E-state index contributed by atoms with van der Waals surface area (Å²) < 4.78 is 0. The molecule has 130 valence electrons. The summed E-state index contributed by atoms with van der Waals surface area (Å²) in [6, 6.07) is 6.08. The molecule has 0 aromatic carbocycles. The van der Waals surface area contributed by atoms with Crippen LogP contribution in [0.25, 0.3) is 0 Å². The van der Waals surface area contributed by atoms with Crippen LogP contribution in [-0.2, 0) is 6.54 Å². The van der Waals surface area contributed by atoms with Crippen molar-refractivity contribution >= 4 is 29.9 Å². The van der Waals surface area contributed by atoms with Gasteiger partial charge in [-0.3, -0.25) is 4.98 Å². The monoisotopic (exact) mass is 430 g/mol. The van der Waals surface area contributed by atoms with E-state index in [4.69, 9.17) is 0 Å². The lowest BCUT2D eigenvalue weighted by Gasteiger charge is -2.13. The molecule has 1 fully saturated rings. The lowest BCUT2D eigenvalue weighted by molar-refractivity contribution is 0.481. The van der Waals surface area contributed by atoms with Gasteiger partial charge in [-0.15, -0.1) is 24.0 Å². The number of aromatic nitrogens is 1. The third kappa shape index (κ3) is 7.99. The Kier molecular flexibility index (Phi) is 10.2. The summed E-state index contributed by atoms with van der Waals surface area (Å²) in [7, 11) is 0. The Bertz CT molecular complexity index is 470. The average molecular weight is 430 g/mol. The first-order chi connectivity index (χ1) is 10.8. The Morgan fingerprint density at radius 2 is 2.04 bits per heavy atom. The number of nitrogens with zero attached hydrogens (tertiary/aromatic N) is 2. The minimum absolute atomic E-state index is 0. The number of pyridine rings is 1. The van der Waals surface area contributed by atoms with Crippen LogP contribution >= 0.6 is 24.0 Å². The van der Waals surface area contributed by atoms with Crippen molar-refractivity contribution in [1.82, 2.24) is 15.6 Å². The molecule has 0 bridgehead atoms. The van der Waals surface area contributed by atoms with Gasteiger partial charge in [-0.2, -0.15) is 0 Å². The van der Waals surface area contributed by atoms with Gasteiger partial charge in [-0.1, -0.05) is 31.7 Å². The SMILES string of the molecule is CCNC(=NCc1cccc(C)n1)NCCCC1CCCC1.I. The zero-order valence-electron chi connectivity index (χ0n) is 14.5. The second-order valence-corrected chi connectivity index (χ2v) is 6.18. The second-order valence-electron chi connectivity index (χ2n) is 6.18. The Morgan fingerprint density at radius 3 is 2.74 bits per heavy atom. The molecule has 2 rings (SSSR count). The Balaban J connectivity index is 0.00000264. The highest BCUT2D eigenvalue weighted by Gasteiger charge is 2.13. The fourth-order valence-corrected chi connectivity index (χ4v) is 3.09. The van der Waals surface area contributed by atoms with Crippen LogP contribution in [0.3, 0.4) is 0 Å². The van der Waals surface area contributed by atoms with E-state index in [1.807, 2.05) is 25.1 Å². The van der Waals surface area contributed by atoms with E-state index in [0.717, 1.165) is 36.4 Å². The topological polar surface area (TPSA) is 49.3 Å². The summed E-state index contributed by atoms with van der Waals surface area (Å²) >= 11 is 0. The van der Waals surface area contributed by atoms with Gasteiger partial charge >= 0.3 is 0 Å². The lowest BCUT2D eigenvalue weighted by atomic mass is 10.0. The first-order valence-electron chi connectivity index (χ1n) is 8.72. The standard InChI is InChI=1S/C18H30N4.HI/c1-3-19-18(20-13-7-11-16-9-4-5-10-16)21-14-17-12-6-8-15(2)22-17;/h6,8,12,16H,3-5,7,9-11,13-14H2,1-2H3,(H2,19,20,21);1H. The third-order valence-corrected chi connectivity index (χ3v) is 4.25. The van der Waals surface area contributed by atoms with E-state index >= 15 is 0 Å². The van der Waals surface area contributed by atoms with Gasteiger partial charge in [0.15, 0.2) is 5.96 Å². The molecule has 1 aliphatic rings. The van der Waals surface area contributed by atoms with Crippen LogP contribution in [0.15, 0.2) is 23.2 Å². The lowest BCUT2D eigenvalue weighted by Crippen LogP contribution is -2.37. The van der Waals surface area contributed by atoms with E-state index in [2.05, 4.69) is 27.5 Å². The molecule has 0 aliphatic heterocycles. The smallest absolute Gasteiger partial charge is 0.191 e. The van der Waals surface area contributed by atoms with Gasteiger partial charge < -0.3 is 10.6 Å². The number of guanidine groups is 1. The van der Waals surface area contributed by atoms with E-state index in [0.29, 0.717) is 6.54 Å². The van der Waals surface area contributed by atoms with Crippen molar-refractivity contribution < 1.29 is 0 Å². The normalized spacial score (nSPS) is 15.3. The summed E-state index contributed by atoms with van der Waals surface area (Å²) in [5.74, 6) is 1.87. The van der Waals surface area contributed by atoms with Crippen LogP contribution in [-0.4, -0.2) is 24.0 Å². The molecular weight excluding hydrogens is 399 g/mol. The number of nitrogens with one attached hydrogen (secondary N) is 2. The molecule has 1 saturated carbocycles. The van der Waals surface area contributed by atoms with Crippen LogP contribution in [0.5, 0.6) is 0 Å². The maximum absolute atomic E-state index is 4.63. The van der Waals surface area contributed by atoms with Crippen molar-refractivity contribution in [3.05, 3.63) is 29.6 Å². The van der Waals surface area contributed by atoms with Crippen molar-refractivity contribution in [2.24, 2.45) is 10.9 Å². The molecule has 4 nitrogen and oxygen atoms in total. The van der Waals surface area contributed by atoms with Crippen molar-refractivity contribution in [2.45, 2.75) is 58.9 Å². The summed E-state index contributed by atoms with van der Waals surface area (Å²) in [5.41, 5.74) is 2.06. The quantitative estimate of drug-likeness (QED) is 0.297.